The van der Waals surface area contributed by atoms with Gasteiger partial charge in [0.05, 0.1) is 17.0 Å². The molecule has 35 heavy (non-hydrogen) atoms. The molecule has 0 saturated carbocycles. The lowest BCUT2D eigenvalue weighted by Gasteiger charge is -2.37. The summed E-state index contributed by atoms with van der Waals surface area (Å²) in [5.41, 5.74) is 4.18. The molecule has 8 heteroatoms. The summed E-state index contributed by atoms with van der Waals surface area (Å²) in [5.74, 6) is 0.508. The number of carbonyl (C=O) groups is 1. The number of amides is 1. The van der Waals surface area contributed by atoms with Crippen LogP contribution in [0.1, 0.15) is 44.7 Å². The third-order valence-electron chi connectivity index (χ3n) is 7.07. The molecular weight excluding hydrogens is 458 g/mol. The van der Waals surface area contributed by atoms with E-state index in [1.807, 2.05) is 43.3 Å². The fourth-order valence-electron chi connectivity index (χ4n) is 5.09. The van der Waals surface area contributed by atoms with E-state index in [0.29, 0.717) is 17.5 Å². The summed E-state index contributed by atoms with van der Waals surface area (Å²) in [6.45, 7) is 6.84. The van der Waals surface area contributed by atoms with Gasteiger partial charge in [0.2, 0.25) is 11.7 Å². The van der Waals surface area contributed by atoms with E-state index >= 15 is 0 Å². The quantitative estimate of drug-likeness (QED) is 0.374. The average Bonchev–Trinajstić information content (AvgIpc) is 3.25. The molecule has 2 aromatic heterocycles. The van der Waals surface area contributed by atoms with Crippen LogP contribution < -0.4 is 10.9 Å². The van der Waals surface area contributed by atoms with Crippen molar-refractivity contribution < 1.29 is 4.79 Å². The molecule has 0 spiro atoms. The number of nitrogens with one attached hydrogen (secondary N) is 1. The number of benzene rings is 2. The summed E-state index contributed by atoms with van der Waals surface area (Å²) in [7, 11) is 0. The van der Waals surface area contributed by atoms with Crippen LogP contribution in [-0.2, 0) is 23.2 Å². The molecule has 4 aromatic rings. The molecule has 0 fully saturated rings. The summed E-state index contributed by atoms with van der Waals surface area (Å²) >= 11 is 1.26. The van der Waals surface area contributed by atoms with Gasteiger partial charge in [0.1, 0.15) is 0 Å². The highest BCUT2D eigenvalue weighted by Gasteiger charge is 2.40. The third-order valence-corrected chi connectivity index (χ3v) is 8.00. The molecule has 0 atom stereocenters. The van der Waals surface area contributed by atoms with Crippen molar-refractivity contribution in [2.45, 2.75) is 57.1 Å². The Kier molecular flexibility index (Phi) is 6.23. The number of nitrogens with zero attached hydrogens (tertiary/aromatic N) is 4. The van der Waals surface area contributed by atoms with Crippen molar-refractivity contribution in [2.75, 3.05) is 11.1 Å². The van der Waals surface area contributed by atoms with Crippen molar-refractivity contribution in [1.29, 1.82) is 0 Å². The Morgan fingerprint density at radius 3 is 2.49 bits per heavy atom. The first kappa shape index (κ1) is 23.4. The van der Waals surface area contributed by atoms with Gasteiger partial charge >= 0.3 is 0 Å². The van der Waals surface area contributed by atoms with Crippen molar-refractivity contribution in [3.05, 3.63) is 76.1 Å². The summed E-state index contributed by atoms with van der Waals surface area (Å²) in [6.07, 6.45) is 2.51. The Balaban J connectivity index is 1.61. The second kappa shape index (κ2) is 9.34. The molecule has 1 aliphatic carbocycles. The number of anilines is 1. The van der Waals surface area contributed by atoms with Crippen molar-refractivity contribution in [3.63, 3.8) is 0 Å². The number of aryl methyl sites for hydroxylation is 1. The predicted molar refractivity (Wildman–Crippen MR) is 140 cm³/mol. The molecule has 1 aliphatic rings. The topological polar surface area (TPSA) is 81.3 Å². The number of rotatable bonds is 7. The largest absolute Gasteiger partial charge is 0.325 e. The number of para-hydroxylation sites is 1. The lowest BCUT2D eigenvalue weighted by Crippen LogP contribution is -2.39. The molecule has 7 nitrogen and oxygen atoms in total. The summed E-state index contributed by atoms with van der Waals surface area (Å²) < 4.78 is 3.35. The van der Waals surface area contributed by atoms with Crippen molar-refractivity contribution in [3.8, 4) is 11.3 Å². The van der Waals surface area contributed by atoms with Gasteiger partial charge in [0.25, 0.3) is 5.56 Å². The minimum atomic E-state index is -0.282. The summed E-state index contributed by atoms with van der Waals surface area (Å²) in [4.78, 5) is 31.8. The van der Waals surface area contributed by atoms with Crippen molar-refractivity contribution in [1.82, 2.24) is 19.2 Å². The fourth-order valence-corrected chi connectivity index (χ4v) is 5.87. The first-order chi connectivity index (χ1) is 17.0. The monoisotopic (exact) mass is 487 g/mol. The maximum absolute atomic E-state index is 14.2. The highest BCUT2D eigenvalue weighted by Crippen LogP contribution is 2.44. The van der Waals surface area contributed by atoms with E-state index in [4.69, 9.17) is 4.98 Å². The molecule has 1 amide bonds. The number of hydrogen-bond acceptors (Lipinski definition) is 5. The van der Waals surface area contributed by atoms with Gasteiger partial charge in [-0.05, 0) is 43.9 Å². The van der Waals surface area contributed by atoms with Crippen LogP contribution in [0.5, 0.6) is 0 Å². The van der Waals surface area contributed by atoms with Gasteiger partial charge in [-0.2, -0.15) is 0 Å². The molecule has 5 rings (SSSR count). The number of carbonyl (C=O) groups excluding carboxylic acids is 1. The molecule has 0 unspecified atom stereocenters. The van der Waals surface area contributed by atoms with E-state index in [-0.39, 0.29) is 22.6 Å². The smallest absolute Gasteiger partial charge is 0.265 e. The average molecular weight is 488 g/mol. The Bertz CT molecular complexity index is 1450. The number of fused-ring (bicyclic) bond motifs is 4. The Hall–Kier alpha value is -3.39. The molecule has 0 bridgehead atoms. The van der Waals surface area contributed by atoms with Gasteiger partial charge in [-0.3, -0.25) is 9.59 Å². The fraction of sp³-hybridized carbons (Fsp3) is 0.333. The van der Waals surface area contributed by atoms with Crippen LogP contribution in [0.15, 0.2) is 64.5 Å². The number of hydrogen-bond donors (Lipinski definition) is 1. The van der Waals surface area contributed by atoms with Crippen molar-refractivity contribution >= 4 is 29.1 Å². The standard InChI is InChI=1S/C27H29N5O2S/c1-4-27(5-2)16-18-12-10-11-15-20(18)23-22(27)24(34)32-25(29-23)31(6-3)30-26(32)35-17-21(33)28-19-13-8-7-9-14-19/h7-15H,4-6,16-17H2,1-3H3,(H,28,33). The molecule has 180 valence electrons. The van der Waals surface area contributed by atoms with E-state index in [1.54, 1.807) is 9.08 Å². The van der Waals surface area contributed by atoms with Crippen LogP contribution in [0.2, 0.25) is 0 Å². The zero-order chi connectivity index (χ0) is 24.6. The first-order valence-corrected chi connectivity index (χ1v) is 13.1. The zero-order valence-corrected chi connectivity index (χ0v) is 21.1. The number of thioether (sulfide) groups is 1. The van der Waals surface area contributed by atoms with Crippen LogP contribution >= 0.6 is 11.8 Å². The van der Waals surface area contributed by atoms with Crippen LogP contribution in [-0.4, -0.2) is 30.8 Å². The van der Waals surface area contributed by atoms with Gasteiger partial charge < -0.3 is 5.32 Å². The molecular formula is C27H29N5O2S. The Labute approximate surface area is 208 Å². The highest BCUT2D eigenvalue weighted by atomic mass is 32.2. The lowest BCUT2D eigenvalue weighted by molar-refractivity contribution is -0.113. The minimum absolute atomic E-state index is 0.0751. The van der Waals surface area contributed by atoms with Crippen LogP contribution in [0.25, 0.3) is 17.0 Å². The summed E-state index contributed by atoms with van der Waals surface area (Å²) in [6, 6.07) is 17.6. The lowest BCUT2D eigenvalue weighted by atomic mass is 9.66. The Morgan fingerprint density at radius 1 is 1.06 bits per heavy atom. The molecule has 0 aliphatic heterocycles. The van der Waals surface area contributed by atoms with Gasteiger partial charge in [-0.1, -0.05) is 68.1 Å². The van der Waals surface area contributed by atoms with Crippen LogP contribution in [0, 0.1) is 0 Å². The highest BCUT2D eigenvalue weighted by molar-refractivity contribution is 7.99. The zero-order valence-electron chi connectivity index (χ0n) is 20.2. The van der Waals surface area contributed by atoms with Gasteiger partial charge in [0.15, 0.2) is 5.16 Å². The Morgan fingerprint density at radius 2 is 1.77 bits per heavy atom. The van der Waals surface area contributed by atoms with Crippen LogP contribution in [0.3, 0.4) is 0 Å². The second-order valence-corrected chi connectivity index (χ2v) is 9.84. The van der Waals surface area contributed by atoms with E-state index in [2.05, 4.69) is 42.5 Å². The molecule has 2 heterocycles. The van der Waals surface area contributed by atoms with Gasteiger partial charge in [0, 0.05) is 23.2 Å². The van der Waals surface area contributed by atoms with E-state index < -0.39 is 0 Å². The maximum Gasteiger partial charge on any atom is 0.265 e. The molecule has 0 radical (unpaired) electrons. The minimum Gasteiger partial charge on any atom is -0.325 e. The summed E-state index contributed by atoms with van der Waals surface area (Å²) in [5, 5.41) is 8.06. The SMILES string of the molecule is CCn1nc(SCC(=O)Nc2ccccc2)n2c(=O)c3c(nc12)-c1ccccc1CC3(CC)CC. The van der Waals surface area contributed by atoms with Crippen molar-refractivity contribution in [2.24, 2.45) is 0 Å². The molecule has 2 aromatic carbocycles. The van der Waals surface area contributed by atoms with Gasteiger partial charge in [-0.25, -0.2) is 14.1 Å². The number of aromatic nitrogens is 4. The van der Waals surface area contributed by atoms with Crippen LogP contribution in [0.4, 0.5) is 5.69 Å². The van der Waals surface area contributed by atoms with E-state index in [1.165, 1.54) is 17.3 Å². The second-order valence-electron chi connectivity index (χ2n) is 8.90. The maximum atomic E-state index is 14.2. The molecule has 0 saturated heterocycles. The van der Waals surface area contributed by atoms with E-state index in [0.717, 1.165) is 41.8 Å². The van der Waals surface area contributed by atoms with E-state index in [9.17, 15) is 9.59 Å². The first-order valence-electron chi connectivity index (χ1n) is 12.1. The third kappa shape index (κ3) is 3.95. The molecule has 1 N–H and O–H groups in total. The van der Waals surface area contributed by atoms with Gasteiger partial charge in [-0.15, -0.1) is 5.10 Å². The predicted octanol–water partition coefficient (Wildman–Crippen LogP) is 4.92. The normalized spacial score (nSPS) is 13.9.